The molecule has 1 aromatic carbocycles. The van der Waals surface area contributed by atoms with Crippen molar-refractivity contribution in [2.45, 2.75) is 6.92 Å². The Morgan fingerprint density at radius 1 is 1.33 bits per heavy atom. The molecule has 12 heavy (non-hydrogen) atoms. The Balaban J connectivity index is 0. The van der Waals surface area contributed by atoms with Crippen molar-refractivity contribution in [2.75, 3.05) is 0 Å². The van der Waals surface area contributed by atoms with E-state index in [1.165, 1.54) is 5.56 Å². The summed E-state index contributed by atoms with van der Waals surface area (Å²) in [7, 11) is -2.03. The third-order valence-electron chi connectivity index (χ3n) is 0.940. The summed E-state index contributed by atoms with van der Waals surface area (Å²) >= 11 is 3.65. The van der Waals surface area contributed by atoms with E-state index in [1.807, 2.05) is 18.2 Å². The monoisotopic (exact) mass is 212 g/mol. The van der Waals surface area contributed by atoms with Gasteiger partial charge in [0.1, 0.15) is 0 Å². The molecule has 0 aliphatic carbocycles. The first-order chi connectivity index (χ1) is 5.13. The summed E-state index contributed by atoms with van der Waals surface area (Å²) in [6.45, 7) is 2.08. The maximum Gasteiger partial charge on any atom is 0 e. The van der Waals surface area contributed by atoms with Crippen LogP contribution in [0.5, 0.6) is 0 Å². The minimum atomic E-state index is -2.03. The van der Waals surface area contributed by atoms with Crippen molar-refractivity contribution in [3.8, 4) is 0 Å². The van der Waals surface area contributed by atoms with E-state index in [1.54, 1.807) is 0 Å². The molecule has 0 aromatic heterocycles. The van der Waals surface area contributed by atoms with Gasteiger partial charge in [-0.05, 0) is 6.92 Å². The van der Waals surface area contributed by atoms with Gasteiger partial charge in [0.25, 0.3) is 0 Å². The van der Waals surface area contributed by atoms with Gasteiger partial charge in [-0.25, -0.2) is 11.2 Å². The van der Waals surface area contributed by atoms with E-state index >= 15 is 0 Å². The van der Waals surface area contributed by atoms with Gasteiger partial charge in [-0.1, -0.05) is 45.5 Å². The molecular formula is C7H9NaO2S2-. The molecule has 0 atom stereocenters. The smallest absolute Gasteiger partial charge is 0 e. The van der Waals surface area contributed by atoms with Crippen LogP contribution < -0.4 is 0 Å². The Hall–Kier alpha value is 0.550. The molecule has 1 aromatic rings. The normalized spacial score (nSPS) is 7.92. The van der Waals surface area contributed by atoms with Crippen LogP contribution in [0.1, 0.15) is 5.56 Å². The molecule has 0 aliphatic rings. The summed E-state index contributed by atoms with van der Waals surface area (Å²) < 4.78 is 16.3. The van der Waals surface area contributed by atoms with Gasteiger partial charge in [0, 0.05) is 29.6 Å². The second kappa shape index (κ2) is 9.64. The van der Waals surface area contributed by atoms with E-state index in [2.05, 4.69) is 30.2 Å². The van der Waals surface area contributed by atoms with Gasteiger partial charge >= 0.3 is 0 Å². The minimum absolute atomic E-state index is 0. The van der Waals surface area contributed by atoms with Crippen LogP contribution >= 0.6 is 0 Å². The Kier molecular flexibility index (Phi) is 12.1. The zero-order valence-corrected chi connectivity index (χ0v) is 10.7. The molecule has 1 rings (SSSR count). The van der Waals surface area contributed by atoms with Crippen molar-refractivity contribution in [2.24, 2.45) is 0 Å². The van der Waals surface area contributed by atoms with Crippen molar-refractivity contribution in [1.82, 2.24) is 0 Å². The molecule has 0 saturated carbocycles. The molecule has 0 amide bonds. The van der Waals surface area contributed by atoms with E-state index in [4.69, 9.17) is 8.76 Å². The molecule has 1 radical (unpaired) electrons. The number of benzene rings is 1. The zero-order chi connectivity index (χ0) is 8.69. The Morgan fingerprint density at radius 2 is 1.67 bits per heavy atom. The first-order valence-electron chi connectivity index (χ1n) is 2.93. The quantitative estimate of drug-likeness (QED) is 0.402. The van der Waals surface area contributed by atoms with Crippen LogP contribution in [0.4, 0.5) is 0 Å². The second-order valence-corrected chi connectivity index (χ2v) is 3.16. The fourth-order valence-corrected chi connectivity index (χ4v) is 0.534. The van der Waals surface area contributed by atoms with Gasteiger partial charge < -0.3 is 8.76 Å². The summed E-state index contributed by atoms with van der Waals surface area (Å²) in [4.78, 5) is 0. The third-order valence-corrected chi connectivity index (χ3v) is 0.940. The summed E-state index contributed by atoms with van der Waals surface area (Å²) in [6.07, 6.45) is 0. The van der Waals surface area contributed by atoms with Gasteiger partial charge in [0.2, 0.25) is 0 Å². The minimum Gasteiger partial charge on any atom is -0.459 e. The van der Waals surface area contributed by atoms with E-state index in [9.17, 15) is 0 Å². The first kappa shape index (κ1) is 15.0. The van der Waals surface area contributed by atoms with Crippen molar-refractivity contribution in [3.63, 3.8) is 0 Å². The van der Waals surface area contributed by atoms with Crippen LogP contribution in [-0.2, 0) is 25.0 Å². The molecule has 0 aliphatic heterocycles. The number of hydrogen-bond donors (Lipinski definition) is 1. The molecular weight excluding hydrogens is 203 g/mol. The van der Waals surface area contributed by atoms with Gasteiger partial charge in [0.05, 0.1) is 0 Å². The molecule has 0 fully saturated rings. The van der Waals surface area contributed by atoms with E-state index in [0.29, 0.717) is 0 Å². The average molecular weight is 212 g/mol. The topological polar surface area (TPSA) is 37.3 Å². The molecule has 0 unspecified atom stereocenters. The van der Waals surface area contributed by atoms with Crippen LogP contribution in [0.25, 0.3) is 0 Å². The van der Waals surface area contributed by atoms with Crippen LogP contribution in [0.2, 0.25) is 0 Å². The summed E-state index contributed by atoms with van der Waals surface area (Å²) in [5.74, 6) is 0. The number of rotatable bonds is 0. The maximum atomic E-state index is 8.93. The van der Waals surface area contributed by atoms with Crippen molar-refractivity contribution in [3.05, 3.63) is 35.9 Å². The Bertz CT molecular complexity index is 251. The molecule has 1 N–H and O–H groups in total. The van der Waals surface area contributed by atoms with Crippen LogP contribution in [0, 0.1) is 6.92 Å². The van der Waals surface area contributed by atoms with Gasteiger partial charge in [-0.3, -0.25) is 0 Å². The SMILES string of the molecule is Cc1ccccc1.O=[S-](O)=S.[Na]. The number of aryl methyl sites for hydroxylation is 1. The molecule has 0 bridgehead atoms. The fraction of sp³-hybridized carbons (Fsp3) is 0.143. The molecule has 0 saturated heterocycles. The summed E-state index contributed by atoms with van der Waals surface area (Å²) in [6, 6.07) is 10.3. The second-order valence-electron chi connectivity index (χ2n) is 1.87. The van der Waals surface area contributed by atoms with Gasteiger partial charge in [0.15, 0.2) is 0 Å². The van der Waals surface area contributed by atoms with Crippen LogP contribution in [0.15, 0.2) is 30.3 Å². The predicted molar refractivity (Wildman–Crippen MR) is 55.0 cm³/mol. The predicted octanol–water partition coefficient (Wildman–Crippen LogP) is 1.50. The maximum absolute atomic E-state index is 8.93. The molecule has 63 valence electrons. The summed E-state index contributed by atoms with van der Waals surface area (Å²) in [5, 5.41) is 0. The Labute approximate surface area is 101 Å². The van der Waals surface area contributed by atoms with E-state index < -0.39 is 9.64 Å². The largest absolute Gasteiger partial charge is 0.459 e. The van der Waals surface area contributed by atoms with Crippen LogP contribution in [0.3, 0.4) is 0 Å². The molecule has 0 heterocycles. The van der Waals surface area contributed by atoms with Gasteiger partial charge in [-0.2, -0.15) is 0 Å². The van der Waals surface area contributed by atoms with E-state index in [0.717, 1.165) is 0 Å². The third kappa shape index (κ3) is 13.2. The Morgan fingerprint density at radius 3 is 1.83 bits per heavy atom. The molecule has 2 nitrogen and oxygen atoms in total. The fourth-order valence-electron chi connectivity index (χ4n) is 0.534. The summed E-state index contributed by atoms with van der Waals surface area (Å²) in [5.41, 5.74) is 1.32. The van der Waals surface area contributed by atoms with Gasteiger partial charge in [-0.15, -0.1) is 0 Å². The number of hydrogen-bond acceptors (Lipinski definition) is 3. The van der Waals surface area contributed by atoms with E-state index in [-0.39, 0.29) is 29.6 Å². The van der Waals surface area contributed by atoms with Crippen molar-refractivity contribution in [1.29, 1.82) is 0 Å². The molecule has 0 spiro atoms. The van der Waals surface area contributed by atoms with Crippen molar-refractivity contribution < 1.29 is 8.76 Å². The van der Waals surface area contributed by atoms with Crippen LogP contribution in [-0.4, -0.2) is 34.1 Å². The standard InChI is InChI=1S/C7H8.Na.HO2S2/c1-7-5-3-2-4-6-7;;1-4(2)3/h2-6H,1H3;;(H,1,2,3)/q;;-1. The molecule has 5 heteroatoms. The zero-order valence-electron chi connectivity index (χ0n) is 7.06. The average Bonchev–Trinajstić information content (AvgIpc) is 1.87. The van der Waals surface area contributed by atoms with Crippen molar-refractivity contribution >= 4 is 50.4 Å². The first-order valence-corrected chi connectivity index (χ1v) is 4.96.